The Bertz CT molecular complexity index is 892. The molecule has 0 bridgehead atoms. The van der Waals surface area contributed by atoms with Crippen LogP contribution >= 0.6 is 0 Å². The van der Waals surface area contributed by atoms with Crippen LogP contribution in [0.3, 0.4) is 0 Å². The van der Waals surface area contributed by atoms with Crippen molar-refractivity contribution in [2.45, 2.75) is 31.6 Å². The molecule has 0 aliphatic rings. The molecule has 0 amide bonds. The van der Waals surface area contributed by atoms with E-state index in [1.54, 1.807) is 24.3 Å². The molecule has 27 heavy (non-hydrogen) atoms. The summed E-state index contributed by atoms with van der Waals surface area (Å²) in [4.78, 5) is 2.53. The quantitative estimate of drug-likeness (QED) is 0.342. The highest BCUT2D eigenvalue weighted by atomic mass is 32.2. The van der Waals surface area contributed by atoms with Gasteiger partial charge >= 0.3 is 0 Å². The number of unbranched alkanes of at least 4 members (excludes halogenated alkanes) is 1. The van der Waals surface area contributed by atoms with E-state index < -0.39 is 9.84 Å². The summed E-state index contributed by atoms with van der Waals surface area (Å²) < 4.78 is 24.4. The second kappa shape index (κ2) is 9.89. The molecule has 2 rings (SSSR count). The number of azo groups is 1. The van der Waals surface area contributed by atoms with E-state index in [9.17, 15) is 8.42 Å². The van der Waals surface area contributed by atoms with Crippen LogP contribution in [0.4, 0.5) is 17.1 Å². The van der Waals surface area contributed by atoms with Crippen LogP contribution < -0.4 is 4.90 Å². The number of anilines is 1. The Kier molecular flexibility index (Phi) is 7.56. The monoisotopic (exact) mass is 383 g/mol. The maximum atomic E-state index is 12.2. The summed E-state index contributed by atoms with van der Waals surface area (Å²) in [5.74, 6) is 2.51. The van der Waals surface area contributed by atoms with Crippen LogP contribution in [-0.2, 0) is 9.84 Å². The molecule has 142 valence electrons. The van der Waals surface area contributed by atoms with E-state index >= 15 is 0 Å². The Morgan fingerprint density at radius 2 is 1.44 bits per heavy atom. The van der Waals surface area contributed by atoms with Gasteiger partial charge < -0.3 is 4.90 Å². The number of nitrogens with zero attached hydrogens (tertiary/aromatic N) is 3. The highest BCUT2D eigenvalue weighted by Gasteiger charge is 2.13. The molecule has 5 nitrogen and oxygen atoms in total. The molecule has 0 heterocycles. The third-order valence-corrected chi connectivity index (χ3v) is 6.01. The van der Waals surface area contributed by atoms with Crippen molar-refractivity contribution in [2.75, 3.05) is 23.7 Å². The molecule has 0 saturated carbocycles. The van der Waals surface area contributed by atoms with E-state index in [0.717, 1.165) is 24.5 Å². The van der Waals surface area contributed by atoms with Crippen LogP contribution in [0.25, 0.3) is 0 Å². The number of hydrogen-bond donors (Lipinski definition) is 0. The van der Waals surface area contributed by atoms with E-state index in [2.05, 4.69) is 34.9 Å². The molecule has 0 N–H and O–H groups in total. The molecule has 0 radical (unpaired) electrons. The molecule has 0 unspecified atom stereocenters. The van der Waals surface area contributed by atoms with Crippen LogP contribution in [0.15, 0.2) is 63.7 Å². The fourth-order valence-electron chi connectivity index (χ4n) is 2.64. The molecule has 0 aliphatic heterocycles. The number of sulfone groups is 1. The van der Waals surface area contributed by atoms with Crippen LogP contribution in [0.2, 0.25) is 0 Å². The van der Waals surface area contributed by atoms with E-state index in [0.29, 0.717) is 18.5 Å². The van der Waals surface area contributed by atoms with Gasteiger partial charge in [0.25, 0.3) is 0 Å². The lowest BCUT2D eigenvalue weighted by Crippen LogP contribution is -2.21. The van der Waals surface area contributed by atoms with Gasteiger partial charge in [-0.2, -0.15) is 10.2 Å². The summed E-state index contributed by atoms with van der Waals surface area (Å²) in [5, 5.41) is 8.40. The third kappa shape index (κ3) is 5.93. The van der Waals surface area contributed by atoms with Gasteiger partial charge in [0.2, 0.25) is 0 Å². The van der Waals surface area contributed by atoms with E-state index in [1.165, 1.54) is 0 Å². The maximum absolute atomic E-state index is 12.2. The van der Waals surface area contributed by atoms with Gasteiger partial charge in [-0.25, -0.2) is 8.42 Å². The molecule has 6 heteroatoms. The van der Waals surface area contributed by atoms with Gasteiger partial charge in [-0.1, -0.05) is 0 Å². The Labute approximate surface area is 162 Å². The summed E-state index contributed by atoms with van der Waals surface area (Å²) in [7, 11) is -3.31. The first kappa shape index (κ1) is 20.7. The van der Waals surface area contributed by atoms with Crippen molar-refractivity contribution in [2.24, 2.45) is 10.2 Å². The van der Waals surface area contributed by atoms with Gasteiger partial charge in [-0.3, -0.25) is 0 Å². The van der Waals surface area contributed by atoms with Crippen molar-refractivity contribution in [1.82, 2.24) is 0 Å². The predicted octanol–water partition coefficient (Wildman–Crippen LogP) is 5.14. The SMILES string of the molecule is C#CCCCS(=O)(=O)c1ccc(N=Nc2ccc(N(CC)CC)cc2)cc1. The minimum absolute atomic E-state index is 0.0525. The second-order valence-corrected chi connectivity index (χ2v) is 8.12. The second-order valence-electron chi connectivity index (χ2n) is 6.01. The van der Waals surface area contributed by atoms with Gasteiger partial charge in [0.15, 0.2) is 9.84 Å². The van der Waals surface area contributed by atoms with Crippen molar-refractivity contribution >= 4 is 26.9 Å². The summed E-state index contributed by atoms with van der Waals surface area (Å²) in [6.07, 6.45) is 6.08. The fraction of sp³-hybridized carbons (Fsp3) is 0.333. The molecule has 0 atom stereocenters. The van der Waals surface area contributed by atoms with Crippen LogP contribution in [0.5, 0.6) is 0 Å². The first-order valence-corrected chi connectivity index (χ1v) is 10.7. The van der Waals surface area contributed by atoms with Crippen LogP contribution in [0.1, 0.15) is 26.7 Å². The van der Waals surface area contributed by atoms with E-state index in [4.69, 9.17) is 6.42 Å². The predicted molar refractivity (Wildman–Crippen MR) is 111 cm³/mol. The average molecular weight is 384 g/mol. The third-order valence-electron chi connectivity index (χ3n) is 4.19. The first-order chi connectivity index (χ1) is 13.0. The molecule has 2 aromatic carbocycles. The van der Waals surface area contributed by atoms with Crippen molar-refractivity contribution in [3.63, 3.8) is 0 Å². The summed E-state index contributed by atoms with van der Waals surface area (Å²) in [5.41, 5.74) is 2.50. The summed E-state index contributed by atoms with van der Waals surface area (Å²) in [6.45, 7) is 6.15. The van der Waals surface area contributed by atoms with E-state index in [1.807, 2.05) is 24.3 Å². The normalized spacial score (nSPS) is 11.4. The lowest BCUT2D eigenvalue weighted by Gasteiger charge is -2.20. The Balaban J connectivity index is 2.04. The van der Waals surface area contributed by atoms with Gasteiger partial charge in [-0.15, -0.1) is 12.3 Å². The molecular formula is C21H25N3O2S. The van der Waals surface area contributed by atoms with Gasteiger partial charge in [0, 0.05) is 25.2 Å². The number of benzene rings is 2. The zero-order valence-corrected chi connectivity index (χ0v) is 16.6. The topological polar surface area (TPSA) is 62.1 Å². The molecule has 0 saturated heterocycles. The minimum atomic E-state index is -3.31. The Morgan fingerprint density at radius 3 is 1.93 bits per heavy atom. The molecule has 0 fully saturated rings. The molecule has 2 aromatic rings. The molecule has 0 aliphatic carbocycles. The highest BCUT2D eigenvalue weighted by molar-refractivity contribution is 7.91. The number of terminal acetylenes is 1. The lowest BCUT2D eigenvalue weighted by atomic mass is 10.2. The Hall–Kier alpha value is -2.65. The zero-order chi connectivity index (χ0) is 19.7. The van der Waals surface area contributed by atoms with Gasteiger partial charge in [0.1, 0.15) is 0 Å². The lowest BCUT2D eigenvalue weighted by molar-refractivity contribution is 0.594. The highest BCUT2D eigenvalue weighted by Crippen LogP contribution is 2.23. The van der Waals surface area contributed by atoms with E-state index in [-0.39, 0.29) is 10.6 Å². The summed E-state index contributed by atoms with van der Waals surface area (Å²) in [6, 6.07) is 14.3. The molecule has 0 aromatic heterocycles. The molecular weight excluding hydrogens is 358 g/mol. The van der Waals surface area contributed by atoms with Crippen molar-refractivity contribution in [3.8, 4) is 12.3 Å². The maximum Gasteiger partial charge on any atom is 0.178 e. The fourth-order valence-corrected chi connectivity index (χ4v) is 3.95. The average Bonchev–Trinajstić information content (AvgIpc) is 2.69. The zero-order valence-electron chi connectivity index (χ0n) is 15.8. The first-order valence-electron chi connectivity index (χ1n) is 9.03. The summed E-state index contributed by atoms with van der Waals surface area (Å²) >= 11 is 0. The van der Waals surface area contributed by atoms with Crippen LogP contribution in [-0.4, -0.2) is 27.3 Å². The van der Waals surface area contributed by atoms with Gasteiger partial charge in [-0.05, 0) is 68.8 Å². The Morgan fingerprint density at radius 1 is 0.926 bits per heavy atom. The van der Waals surface area contributed by atoms with Gasteiger partial charge in [0.05, 0.1) is 22.0 Å². The van der Waals surface area contributed by atoms with Crippen molar-refractivity contribution in [1.29, 1.82) is 0 Å². The smallest absolute Gasteiger partial charge is 0.178 e. The number of rotatable bonds is 9. The minimum Gasteiger partial charge on any atom is -0.372 e. The van der Waals surface area contributed by atoms with Crippen molar-refractivity contribution in [3.05, 3.63) is 48.5 Å². The largest absolute Gasteiger partial charge is 0.372 e. The van der Waals surface area contributed by atoms with Crippen LogP contribution in [0, 0.1) is 12.3 Å². The standard InChI is InChI=1S/C21H25N3O2S/c1-4-7-8-17-27(25,26)21-15-11-19(12-16-21)23-22-18-9-13-20(14-10-18)24(5-2)6-3/h1,9-16H,5-8,17H2,2-3H3. The molecule has 0 spiro atoms. The number of hydrogen-bond acceptors (Lipinski definition) is 5. The van der Waals surface area contributed by atoms with Crippen molar-refractivity contribution < 1.29 is 8.42 Å².